The molecule has 0 unspecified atom stereocenters. The predicted octanol–water partition coefficient (Wildman–Crippen LogP) is 0.296. The molecule has 7 heteroatoms. The van der Waals surface area contributed by atoms with Gasteiger partial charge in [0.1, 0.15) is 12.3 Å². The average Bonchev–Trinajstić information content (AvgIpc) is 2.29. The Balaban J connectivity index is 2.50. The van der Waals surface area contributed by atoms with E-state index in [0.717, 1.165) is 9.87 Å². The van der Waals surface area contributed by atoms with Crippen LogP contribution in [0.15, 0.2) is 24.3 Å². The molecule has 0 saturated carbocycles. The second kappa shape index (κ2) is 5.94. The van der Waals surface area contributed by atoms with E-state index in [1.165, 1.54) is 14.1 Å². The van der Waals surface area contributed by atoms with E-state index in [2.05, 4.69) is 4.72 Å². The lowest BCUT2D eigenvalue weighted by Gasteiger charge is -2.11. The van der Waals surface area contributed by atoms with Gasteiger partial charge in [0, 0.05) is 14.1 Å². The number of carbonyl (C=O) groups is 1. The highest BCUT2D eigenvalue weighted by molar-refractivity contribution is 7.87. The van der Waals surface area contributed by atoms with Gasteiger partial charge in [0.05, 0.1) is 0 Å². The number of nitrogens with one attached hydrogen (secondary N) is 1. The molecule has 18 heavy (non-hydrogen) atoms. The van der Waals surface area contributed by atoms with Gasteiger partial charge in [-0.05, 0) is 19.1 Å². The molecule has 0 bridgehead atoms. The van der Waals surface area contributed by atoms with E-state index in [9.17, 15) is 13.2 Å². The zero-order valence-electron chi connectivity index (χ0n) is 10.5. The molecule has 0 atom stereocenters. The lowest BCUT2D eigenvalue weighted by molar-refractivity contribution is -0.133. The predicted molar refractivity (Wildman–Crippen MR) is 67.4 cm³/mol. The largest absolute Gasteiger partial charge is 0.426 e. The molecular weight excluding hydrogens is 256 g/mol. The first-order chi connectivity index (χ1) is 8.31. The molecule has 0 saturated heterocycles. The fraction of sp³-hybridized carbons (Fsp3) is 0.364. The van der Waals surface area contributed by atoms with Gasteiger partial charge >= 0.3 is 5.97 Å². The molecule has 0 amide bonds. The molecule has 1 N–H and O–H groups in total. The molecule has 0 radical (unpaired) electrons. The summed E-state index contributed by atoms with van der Waals surface area (Å²) in [4.78, 5) is 11.4. The van der Waals surface area contributed by atoms with Gasteiger partial charge in [0.25, 0.3) is 10.2 Å². The zero-order valence-corrected chi connectivity index (χ0v) is 11.3. The summed E-state index contributed by atoms with van der Waals surface area (Å²) < 4.78 is 30.7. The fourth-order valence-electron chi connectivity index (χ4n) is 1.05. The summed E-state index contributed by atoms with van der Waals surface area (Å²) in [6.45, 7) is 1.51. The number of hydrogen-bond donors (Lipinski definition) is 1. The van der Waals surface area contributed by atoms with Crippen LogP contribution >= 0.6 is 0 Å². The van der Waals surface area contributed by atoms with Crippen molar-refractivity contribution in [2.24, 2.45) is 0 Å². The second-order valence-electron chi connectivity index (χ2n) is 3.90. The van der Waals surface area contributed by atoms with Crippen LogP contribution in [0.25, 0.3) is 0 Å². The van der Waals surface area contributed by atoms with Crippen LogP contribution in [0.1, 0.15) is 5.56 Å². The van der Waals surface area contributed by atoms with Gasteiger partial charge in [0.2, 0.25) is 0 Å². The Labute approximate surface area is 107 Å². The quantitative estimate of drug-likeness (QED) is 0.618. The summed E-state index contributed by atoms with van der Waals surface area (Å²) in [5.41, 5.74) is 1.04. The van der Waals surface area contributed by atoms with Crippen LogP contribution in [0.3, 0.4) is 0 Å². The molecule has 0 spiro atoms. The number of esters is 1. The first kappa shape index (κ1) is 14.6. The standard InChI is InChI=1S/C11H16N2O4S/c1-9-4-6-10(7-5-9)17-11(14)8-12-18(15,16)13(2)3/h4-7,12H,8H2,1-3H3. The van der Waals surface area contributed by atoms with Crippen molar-refractivity contribution in [2.45, 2.75) is 6.92 Å². The Morgan fingerprint density at radius 3 is 2.33 bits per heavy atom. The van der Waals surface area contributed by atoms with Crippen molar-refractivity contribution in [3.05, 3.63) is 29.8 Å². The molecule has 6 nitrogen and oxygen atoms in total. The normalized spacial score (nSPS) is 11.6. The number of carbonyl (C=O) groups excluding carboxylic acids is 1. The van der Waals surface area contributed by atoms with Crippen molar-refractivity contribution in [1.82, 2.24) is 9.03 Å². The highest BCUT2D eigenvalue weighted by Crippen LogP contribution is 2.11. The molecule has 0 aromatic heterocycles. The highest BCUT2D eigenvalue weighted by atomic mass is 32.2. The molecule has 1 rings (SSSR count). The van der Waals surface area contributed by atoms with E-state index in [1.807, 2.05) is 6.92 Å². The first-order valence-corrected chi connectivity index (χ1v) is 6.70. The van der Waals surface area contributed by atoms with Gasteiger partial charge in [-0.2, -0.15) is 17.4 Å². The Bertz CT molecular complexity index is 508. The van der Waals surface area contributed by atoms with Crippen LogP contribution in [0, 0.1) is 6.92 Å². The van der Waals surface area contributed by atoms with E-state index in [0.29, 0.717) is 5.75 Å². The number of nitrogens with zero attached hydrogens (tertiary/aromatic N) is 1. The van der Waals surface area contributed by atoms with Crippen LogP contribution in [0.4, 0.5) is 0 Å². The maximum Gasteiger partial charge on any atom is 0.326 e. The van der Waals surface area contributed by atoms with Crippen molar-refractivity contribution in [1.29, 1.82) is 0 Å². The van der Waals surface area contributed by atoms with Gasteiger partial charge in [-0.1, -0.05) is 17.7 Å². The minimum absolute atomic E-state index is 0.384. The number of aryl methyl sites for hydroxylation is 1. The summed E-state index contributed by atoms with van der Waals surface area (Å²) in [6.07, 6.45) is 0. The van der Waals surface area contributed by atoms with Crippen molar-refractivity contribution in [2.75, 3.05) is 20.6 Å². The van der Waals surface area contributed by atoms with Crippen molar-refractivity contribution in [3.63, 3.8) is 0 Å². The second-order valence-corrected chi connectivity index (χ2v) is 5.86. The summed E-state index contributed by atoms with van der Waals surface area (Å²) in [7, 11) is -0.872. The summed E-state index contributed by atoms with van der Waals surface area (Å²) in [5, 5.41) is 0. The average molecular weight is 272 g/mol. The molecule has 100 valence electrons. The van der Waals surface area contributed by atoms with Gasteiger partial charge < -0.3 is 4.74 Å². The summed E-state index contributed by atoms with van der Waals surface area (Å²) >= 11 is 0. The fourth-order valence-corrected chi connectivity index (χ4v) is 1.61. The minimum atomic E-state index is -3.61. The molecule has 0 aliphatic carbocycles. The lowest BCUT2D eigenvalue weighted by Crippen LogP contribution is -2.39. The van der Waals surface area contributed by atoms with E-state index in [4.69, 9.17) is 4.74 Å². The van der Waals surface area contributed by atoms with Crippen molar-refractivity contribution >= 4 is 16.2 Å². The third-order valence-corrected chi connectivity index (χ3v) is 3.60. The van der Waals surface area contributed by atoms with E-state index >= 15 is 0 Å². The topological polar surface area (TPSA) is 75.7 Å². The first-order valence-electron chi connectivity index (χ1n) is 5.26. The van der Waals surface area contributed by atoms with Crippen molar-refractivity contribution < 1.29 is 17.9 Å². The third kappa shape index (κ3) is 4.44. The number of hydrogen-bond acceptors (Lipinski definition) is 4. The van der Waals surface area contributed by atoms with Crippen LogP contribution in [-0.4, -0.2) is 39.3 Å². The van der Waals surface area contributed by atoms with E-state index < -0.39 is 22.7 Å². The van der Waals surface area contributed by atoms with Gasteiger partial charge in [-0.15, -0.1) is 0 Å². The van der Waals surface area contributed by atoms with Crippen molar-refractivity contribution in [3.8, 4) is 5.75 Å². The van der Waals surface area contributed by atoms with Gasteiger partial charge in [-0.25, -0.2) is 0 Å². The number of ether oxygens (including phenoxy) is 1. The third-order valence-electron chi connectivity index (χ3n) is 2.13. The Morgan fingerprint density at radius 1 is 1.28 bits per heavy atom. The SMILES string of the molecule is Cc1ccc(OC(=O)CNS(=O)(=O)N(C)C)cc1. The maximum atomic E-state index is 11.4. The minimum Gasteiger partial charge on any atom is -0.426 e. The molecule has 0 fully saturated rings. The smallest absolute Gasteiger partial charge is 0.326 e. The van der Waals surface area contributed by atoms with Crippen LogP contribution < -0.4 is 9.46 Å². The maximum absolute atomic E-state index is 11.4. The zero-order chi connectivity index (χ0) is 13.8. The monoisotopic (exact) mass is 272 g/mol. The summed E-state index contributed by atoms with van der Waals surface area (Å²) in [6, 6.07) is 6.89. The number of benzene rings is 1. The Morgan fingerprint density at radius 2 is 1.83 bits per heavy atom. The van der Waals surface area contributed by atoms with Crippen LogP contribution in [0.2, 0.25) is 0 Å². The Kier molecular flexibility index (Phi) is 4.83. The van der Waals surface area contributed by atoms with Crippen LogP contribution in [0.5, 0.6) is 5.75 Å². The summed E-state index contributed by atoms with van der Waals surface area (Å²) in [5.74, 6) is -0.279. The van der Waals surface area contributed by atoms with Crippen LogP contribution in [-0.2, 0) is 15.0 Å². The Hall–Kier alpha value is -1.44. The lowest BCUT2D eigenvalue weighted by atomic mass is 10.2. The van der Waals surface area contributed by atoms with Gasteiger partial charge in [-0.3, -0.25) is 4.79 Å². The van der Waals surface area contributed by atoms with Gasteiger partial charge in [0.15, 0.2) is 0 Å². The molecular formula is C11H16N2O4S. The number of rotatable bonds is 5. The van der Waals surface area contributed by atoms with E-state index in [-0.39, 0.29) is 0 Å². The molecule has 0 aliphatic heterocycles. The molecule has 1 aromatic carbocycles. The highest BCUT2D eigenvalue weighted by Gasteiger charge is 2.15. The molecule has 0 heterocycles. The molecule has 0 aliphatic rings. The molecule has 1 aromatic rings. The van der Waals surface area contributed by atoms with E-state index in [1.54, 1.807) is 24.3 Å².